The average Bonchev–Trinajstić information content (AvgIpc) is 2.42. The highest BCUT2D eigenvalue weighted by molar-refractivity contribution is 9.10. The third-order valence-electron chi connectivity index (χ3n) is 2.80. The lowest BCUT2D eigenvalue weighted by molar-refractivity contribution is 0.229. The molecule has 1 atom stereocenters. The van der Waals surface area contributed by atoms with E-state index in [4.69, 9.17) is 10.2 Å². The smallest absolute Gasteiger partial charge is 0.283 e. The lowest BCUT2D eigenvalue weighted by atomic mass is 10.1. The first kappa shape index (κ1) is 16.1. The second kappa shape index (κ2) is 8.29. The van der Waals surface area contributed by atoms with Gasteiger partial charge < -0.3 is 15.5 Å². The molecule has 0 fully saturated rings. The van der Waals surface area contributed by atoms with E-state index >= 15 is 0 Å². The van der Waals surface area contributed by atoms with Gasteiger partial charge in [-0.2, -0.15) is 5.10 Å². The zero-order chi connectivity index (χ0) is 14.3. The molecule has 0 aliphatic rings. The summed E-state index contributed by atoms with van der Waals surface area (Å²) in [5.41, 5.74) is 0.388. The number of anilines is 1. The molecule has 7 heteroatoms. The zero-order valence-electron chi connectivity index (χ0n) is 11.0. The van der Waals surface area contributed by atoms with Crippen LogP contribution in [0.5, 0.6) is 0 Å². The van der Waals surface area contributed by atoms with Crippen LogP contribution in [0.4, 0.5) is 5.69 Å². The molecule has 1 rings (SSSR count). The number of rotatable bonds is 8. The van der Waals surface area contributed by atoms with Gasteiger partial charge in [-0.3, -0.25) is 4.79 Å². The van der Waals surface area contributed by atoms with Gasteiger partial charge in [-0.15, -0.1) is 0 Å². The zero-order valence-corrected chi connectivity index (χ0v) is 12.6. The van der Waals surface area contributed by atoms with Crippen LogP contribution in [0.3, 0.4) is 0 Å². The van der Waals surface area contributed by atoms with Crippen LogP contribution < -0.4 is 10.9 Å². The molecule has 1 aromatic heterocycles. The van der Waals surface area contributed by atoms with Crippen molar-refractivity contribution in [3.63, 3.8) is 0 Å². The summed E-state index contributed by atoms with van der Waals surface area (Å²) in [5, 5.41) is 24.8. The number of aromatic nitrogens is 2. The SMILES string of the molecule is CC(CO)CCCNc1cnn(CCO)c(=O)c1Br. The molecule has 108 valence electrons. The van der Waals surface area contributed by atoms with Gasteiger partial charge in [-0.1, -0.05) is 6.92 Å². The Morgan fingerprint density at radius 2 is 2.26 bits per heavy atom. The maximum atomic E-state index is 11.8. The van der Waals surface area contributed by atoms with Gasteiger partial charge in [0.15, 0.2) is 0 Å². The monoisotopic (exact) mass is 333 g/mol. The first-order valence-electron chi connectivity index (χ1n) is 6.31. The highest BCUT2D eigenvalue weighted by Gasteiger charge is 2.08. The van der Waals surface area contributed by atoms with E-state index < -0.39 is 0 Å². The summed E-state index contributed by atoms with van der Waals surface area (Å²) in [5.74, 6) is 0.293. The van der Waals surface area contributed by atoms with Crippen LogP contribution in [-0.4, -0.2) is 39.8 Å². The molecular weight excluding hydrogens is 314 g/mol. The predicted molar refractivity (Wildman–Crippen MR) is 77.3 cm³/mol. The molecule has 0 saturated heterocycles. The third-order valence-corrected chi connectivity index (χ3v) is 3.56. The maximum absolute atomic E-state index is 11.8. The van der Waals surface area contributed by atoms with E-state index in [2.05, 4.69) is 26.3 Å². The number of hydrogen-bond acceptors (Lipinski definition) is 5. The van der Waals surface area contributed by atoms with Crippen molar-refractivity contribution >= 4 is 21.6 Å². The van der Waals surface area contributed by atoms with Crippen LogP contribution in [0, 0.1) is 5.92 Å². The number of halogens is 1. The number of nitrogens with one attached hydrogen (secondary N) is 1. The quantitative estimate of drug-likeness (QED) is 0.613. The minimum atomic E-state index is -0.261. The van der Waals surface area contributed by atoms with Crippen molar-refractivity contribution in [1.82, 2.24) is 9.78 Å². The number of hydrogen-bond donors (Lipinski definition) is 3. The van der Waals surface area contributed by atoms with Crippen LogP contribution in [0.25, 0.3) is 0 Å². The number of aliphatic hydroxyl groups is 2. The van der Waals surface area contributed by atoms with E-state index in [1.165, 1.54) is 4.68 Å². The van der Waals surface area contributed by atoms with Crippen LogP contribution in [-0.2, 0) is 6.54 Å². The summed E-state index contributed by atoms with van der Waals surface area (Å²) in [6, 6.07) is 0. The van der Waals surface area contributed by atoms with Gasteiger partial charge in [0.2, 0.25) is 0 Å². The van der Waals surface area contributed by atoms with Gasteiger partial charge in [0.25, 0.3) is 5.56 Å². The van der Waals surface area contributed by atoms with Gasteiger partial charge in [-0.25, -0.2) is 4.68 Å². The minimum absolute atomic E-state index is 0.120. The lowest BCUT2D eigenvalue weighted by Gasteiger charge is -2.11. The maximum Gasteiger partial charge on any atom is 0.283 e. The third kappa shape index (κ3) is 4.93. The Kier molecular flexibility index (Phi) is 7.04. The summed E-state index contributed by atoms with van der Waals surface area (Å²) < 4.78 is 1.63. The molecular formula is C12H20BrN3O3. The molecule has 19 heavy (non-hydrogen) atoms. The molecule has 0 spiro atoms. The molecule has 1 heterocycles. The summed E-state index contributed by atoms with van der Waals surface area (Å²) in [6.07, 6.45) is 3.40. The van der Waals surface area contributed by atoms with E-state index in [0.717, 1.165) is 12.8 Å². The number of nitrogens with zero attached hydrogens (tertiary/aromatic N) is 2. The first-order chi connectivity index (χ1) is 9.10. The van der Waals surface area contributed by atoms with Gasteiger partial charge in [0, 0.05) is 13.2 Å². The van der Waals surface area contributed by atoms with Crippen LogP contribution in [0.1, 0.15) is 19.8 Å². The molecule has 0 saturated carbocycles. The predicted octanol–water partition coefficient (Wildman–Crippen LogP) is 0.819. The molecule has 1 unspecified atom stereocenters. The second-order valence-corrected chi connectivity index (χ2v) is 5.27. The Balaban J connectivity index is 2.55. The Morgan fingerprint density at radius 3 is 2.89 bits per heavy atom. The van der Waals surface area contributed by atoms with Gasteiger partial charge >= 0.3 is 0 Å². The summed E-state index contributed by atoms with van der Waals surface area (Å²) >= 11 is 3.24. The summed E-state index contributed by atoms with van der Waals surface area (Å²) in [6.45, 7) is 2.97. The van der Waals surface area contributed by atoms with Crippen molar-refractivity contribution in [3.8, 4) is 0 Å². The van der Waals surface area contributed by atoms with Crippen LogP contribution in [0.2, 0.25) is 0 Å². The molecule has 0 radical (unpaired) electrons. The number of aliphatic hydroxyl groups excluding tert-OH is 2. The highest BCUT2D eigenvalue weighted by atomic mass is 79.9. The molecule has 0 amide bonds. The van der Waals surface area contributed by atoms with Crippen molar-refractivity contribution in [3.05, 3.63) is 21.0 Å². The molecule has 0 aromatic carbocycles. The lowest BCUT2D eigenvalue weighted by Crippen LogP contribution is -2.26. The standard InChI is InChI=1S/C12H20BrN3O3/c1-9(8-18)3-2-4-14-10-7-15-16(5-6-17)12(19)11(10)13/h7,9,14,17-18H,2-6,8H2,1H3. The molecule has 1 aromatic rings. The van der Waals surface area contributed by atoms with E-state index in [-0.39, 0.29) is 25.3 Å². The molecule has 6 nitrogen and oxygen atoms in total. The van der Waals surface area contributed by atoms with Crippen LogP contribution >= 0.6 is 15.9 Å². The summed E-state index contributed by atoms with van der Waals surface area (Å²) in [4.78, 5) is 11.8. The fourth-order valence-corrected chi connectivity index (χ4v) is 2.05. The van der Waals surface area contributed by atoms with Crippen molar-refractivity contribution < 1.29 is 10.2 Å². The van der Waals surface area contributed by atoms with Crippen molar-refractivity contribution in [1.29, 1.82) is 0 Å². The molecule has 0 aliphatic heterocycles. The van der Waals surface area contributed by atoms with E-state index in [1.54, 1.807) is 6.20 Å². The van der Waals surface area contributed by atoms with Crippen molar-refractivity contribution in [2.45, 2.75) is 26.3 Å². The molecule has 0 bridgehead atoms. The van der Waals surface area contributed by atoms with E-state index in [9.17, 15) is 4.79 Å². The largest absolute Gasteiger partial charge is 0.396 e. The Labute approximate surface area is 120 Å². The van der Waals surface area contributed by atoms with Gasteiger partial charge in [0.1, 0.15) is 4.47 Å². The first-order valence-corrected chi connectivity index (χ1v) is 7.10. The van der Waals surface area contributed by atoms with E-state index in [0.29, 0.717) is 22.6 Å². The Morgan fingerprint density at radius 1 is 1.53 bits per heavy atom. The van der Waals surface area contributed by atoms with Gasteiger partial charge in [-0.05, 0) is 34.7 Å². The molecule has 3 N–H and O–H groups in total. The van der Waals surface area contributed by atoms with E-state index in [1.807, 2.05) is 6.92 Å². The second-order valence-electron chi connectivity index (χ2n) is 4.48. The fraction of sp³-hybridized carbons (Fsp3) is 0.667. The normalized spacial score (nSPS) is 12.4. The Hall–Kier alpha value is -0.920. The summed E-state index contributed by atoms with van der Waals surface area (Å²) in [7, 11) is 0. The van der Waals surface area contributed by atoms with Crippen LogP contribution in [0.15, 0.2) is 15.5 Å². The average molecular weight is 334 g/mol. The van der Waals surface area contributed by atoms with Crippen molar-refractivity contribution in [2.75, 3.05) is 25.1 Å². The highest BCUT2D eigenvalue weighted by Crippen LogP contribution is 2.16. The van der Waals surface area contributed by atoms with Crippen molar-refractivity contribution in [2.24, 2.45) is 5.92 Å². The Bertz CT molecular complexity index is 450. The van der Waals surface area contributed by atoms with Gasteiger partial charge in [0.05, 0.1) is 25.0 Å². The molecule has 0 aliphatic carbocycles. The fourth-order valence-electron chi connectivity index (χ4n) is 1.61. The topological polar surface area (TPSA) is 87.4 Å². The minimum Gasteiger partial charge on any atom is -0.396 e.